The second-order valence-corrected chi connectivity index (χ2v) is 17.2. The first-order chi connectivity index (χ1) is 27.0. The van der Waals surface area contributed by atoms with Crippen LogP contribution < -0.4 is 0 Å². The number of ether oxygens (including phenoxy) is 2. The molecule has 0 unspecified atom stereocenters. The Morgan fingerprint density at radius 3 is 1.75 bits per heavy atom. The van der Waals surface area contributed by atoms with Crippen LogP contribution in [0.1, 0.15) is 194 Å². The highest BCUT2D eigenvalue weighted by Crippen LogP contribution is 2.37. The molecule has 0 aromatic rings. The van der Waals surface area contributed by atoms with Gasteiger partial charge in [0.05, 0.1) is 24.9 Å². The number of rotatable bonds is 37. The molecular formula is C44H81O11P. The van der Waals surface area contributed by atoms with E-state index in [-0.39, 0.29) is 31.3 Å². The quantitative estimate of drug-likeness (QED) is 0.0174. The van der Waals surface area contributed by atoms with Crippen LogP contribution in [-0.2, 0) is 28.2 Å². The van der Waals surface area contributed by atoms with Gasteiger partial charge in [-0.1, -0.05) is 167 Å². The lowest BCUT2D eigenvalue weighted by Crippen LogP contribution is -2.29. The molecule has 0 saturated heterocycles. The zero-order valence-corrected chi connectivity index (χ0v) is 36.0. The van der Waals surface area contributed by atoms with E-state index in [0.717, 1.165) is 38.5 Å². The number of allylic oxidation sites excluding steroid dienone is 2. The van der Waals surface area contributed by atoms with Crippen LogP contribution in [0, 0.1) is 11.8 Å². The van der Waals surface area contributed by atoms with Crippen LogP contribution in [0.4, 0.5) is 0 Å². The van der Waals surface area contributed by atoms with E-state index in [1.807, 2.05) is 18.2 Å². The number of phosphoric acid groups is 1. The van der Waals surface area contributed by atoms with Gasteiger partial charge in [0.25, 0.3) is 0 Å². The summed E-state index contributed by atoms with van der Waals surface area (Å²) in [4.78, 5) is 43.1. The third kappa shape index (κ3) is 29.6. The highest BCUT2D eigenvalue weighted by molar-refractivity contribution is 7.46. The van der Waals surface area contributed by atoms with Crippen molar-refractivity contribution in [1.29, 1.82) is 0 Å². The number of phosphoric ester groups is 1. The molecule has 5 N–H and O–H groups in total. The van der Waals surface area contributed by atoms with Crippen molar-refractivity contribution in [2.24, 2.45) is 11.8 Å². The van der Waals surface area contributed by atoms with Crippen LogP contribution in [0.15, 0.2) is 24.3 Å². The summed E-state index contributed by atoms with van der Waals surface area (Å²) >= 11 is 0. The van der Waals surface area contributed by atoms with Crippen LogP contribution in [0.2, 0.25) is 0 Å². The minimum atomic E-state index is -4.81. The molecule has 0 aliphatic heterocycles. The average molecular weight is 817 g/mol. The Balaban J connectivity index is 2.24. The van der Waals surface area contributed by atoms with Crippen molar-refractivity contribution in [1.82, 2.24) is 0 Å². The Morgan fingerprint density at radius 2 is 1.20 bits per heavy atom. The molecule has 11 nitrogen and oxygen atoms in total. The lowest BCUT2D eigenvalue weighted by atomic mass is 9.89. The standard InChI is InChI=1S/C44H81O11P/c1-3-5-7-8-9-10-11-12-13-14-15-16-17-18-19-20-21-27-31-44(49)55-38(36-54-56(50,51)52)35-53-43(48)30-26-23-22-25-29-39-40(42(47)34-41(39)46)33-32-37(45)28-24-6-4-2/h22,25,32-33,37-42,45-47H,3-21,23-24,26-31,34-36H2,1-2H3,(H2,50,51,52)/b25-22+,33-32+/t37-,38+,39+,40+,41-,42+/m0/s1. The molecule has 0 heterocycles. The maximum atomic E-state index is 12.5. The van der Waals surface area contributed by atoms with E-state index in [0.29, 0.717) is 38.5 Å². The van der Waals surface area contributed by atoms with Gasteiger partial charge in [-0.25, -0.2) is 4.57 Å². The van der Waals surface area contributed by atoms with Gasteiger partial charge in [0.2, 0.25) is 0 Å². The summed E-state index contributed by atoms with van der Waals surface area (Å²) in [6.45, 7) is 3.40. The lowest BCUT2D eigenvalue weighted by molar-refractivity contribution is -0.161. The normalized spacial score (nSPS) is 19.9. The Morgan fingerprint density at radius 1 is 0.679 bits per heavy atom. The van der Waals surface area contributed by atoms with Crippen LogP contribution in [-0.4, -0.2) is 74.7 Å². The molecule has 0 spiro atoms. The summed E-state index contributed by atoms with van der Waals surface area (Å²) in [6, 6.07) is 0. The van der Waals surface area contributed by atoms with Crippen molar-refractivity contribution in [3.63, 3.8) is 0 Å². The molecule has 0 amide bonds. The van der Waals surface area contributed by atoms with E-state index < -0.39 is 50.8 Å². The number of carbonyl (C=O) groups excluding carboxylic acids is 2. The number of aliphatic hydroxyl groups excluding tert-OH is 3. The Labute approximate surface area is 339 Å². The first-order valence-corrected chi connectivity index (χ1v) is 23.9. The topological polar surface area (TPSA) is 180 Å². The Bertz CT molecular complexity index is 1080. The maximum Gasteiger partial charge on any atom is 0.469 e. The van der Waals surface area contributed by atoms with Gasteiger partial charge < -0.3 is 34.6 Å². The molecule has 56 heavy (non-hydrogen) atoms. The summed E-state index contributed by atoms with van der Waals surface area (Å²) in [7, 11) is -4.81. The fourth-order valence-corrected chi connectivity index (χ4v) is 7.73. The van der Waals surface area contributed by atoms with Crippen molar-refractivity contribution >= 4 is 19.8 Å². The number of hydrogen-bond acceptors (Lipinski definition) is 9. The van der Waals surface area contributed by atoms with Crippen LogP contribution in [0.3, 0.4) is 0 Å². The number of carbonyl (C=O) groups is 2. The van der Waals surface area contributed by atoms with Crippen molar-refractivity contribution in [3.05, 3.63) is 24.3 Å². The molecular weight excluding hydrogens is 735 g/mol. The van der Waals surface area contributed by atoms with Crippen molar-refractivity contribution in [2.45, 2.75) is 218 Å². The number of hydrogen-bond donors (Lipinski definition) is 5. The Hall–Kier alpha value is -1.59. The van der Waals surface area contributed by atoms with Gasteiger partial charge >= 0.3 is 19.8 Å². The molecule has 1 aliphatic rings. The molecule has 12 heteroatoms. The monoisotopic (exact) mass is 817 g/mol. The fourth-order valence-electron chi connectivity index (χ4n) is 7.37. The van der Waals surface area contributed by atoms with E-state index in [2.05, 4.69) is 18.4 Å². The van der Waals surface area contributed by atoms with E-state index >= 15 is 0 Å². The summed E-state index contributed by atoms with van der Waals surface area (Å²) in [6.07, 6.45) is 32.8. The Kier molecular flexibility index (Phi) is 32.1. The van der Waals surface area contributed by atoms with Crippen LogP contribution in [0.5, 0.6) is 0 Å². The summed E-state index contributed by atoms with van der Waals surface area (Å²) in [5.41, 5.74) is 0. The highest BCUT2D eigenvalue weighted by Gasteiger charge is 2.39. The highest BCUT2D eigenvalue weighted by atomic mass is 31.2. The van der Waals surface area contributed by atoms with Gasteiger partial charge in [-0.15, -0.1) is 0 Å². The number of aliphatic hydroxyl groups is 3. The first kappa shape index (κ1) is 52.4. The van der Waals surface area contributed by atoms with Crippen molar-refractivity contribution in [2.75, 3.05) is 13.2 Å². The largest absolute Gasteiger partial charge is 0.469 e. The van der Waals surface area contributed by atoms with Crippen LogP contribution >= 0.6 is 7.82 Å². The molecule has 1 fully saturated rings. The lowest BCUT2D eigenvalue weighted by Gasteiger charge is -2.19. The zero-order chi connectivity index (χ0) is 41.3. The minimum Gasteiger partial charge on any atom is -0.462 e. The fraction of sp³-hybridized carbons (Fsp3) is 0.864. The van der Waals surface area contributed by atoms with E-state index in [9.17, 15) is 29.5 Å². The minimum absolute atomic E-state index is 0.0930. The third-order valence-corrected chi connectivity index (χ3v) is 11.3. The summed E-state index contributed by atoms with van der Waals surface area (Å²) in [5, 5.41) is 31.2. The molecule has 1 saturated carbocycles. The second kappa shape index (κ2) is 34.3. The zero-order valence-electron chi connectivity index (χ0n) is 35.1. The molecule has 0 radical (unpaired) electrons. The molecule has 1 rings (SSSR count). The number of esters is 2. The van der Waals surface area contributed by atoms with Gasteiger partial charge in [0.1, 0.15) is 6.61 Å². The van der Waals surface area contributed by atoms with E-state index in [1.165, 1.54) is 89.9 Å². The molecule has 328 valence electrons. The predicted molar refractivity (Wildman–Crippen MR) is 223 cm³/mol. The number of unbranched alkanes of at least 4 members (excludes halogenated alkanes) is 20. The SMILES string of the molecule is CCCCCCCCCCCCCCCCCCCCC(=O)O[C@H](COC(=O)CCC/C=C/C[C@@H]1[C@@H](/C=C/[C@@H](O)CCCCC)[C@H](O)C[C@@H]1O)COP(=O)(O)O. The summed E-state index contributed by atoms with van der Waals surface area (Å²) < 4.78 is 26.4. The second-order valence-electron chi connectivity index (χ2n) is 16.0. The van der Waals surface area contributed by atoms with E-state index in [1.54, 1.807) is 6.08 Å². The van der Waals surface area contributed by atoms with Gasteiger partial charge in [-0.3, -0.25) is 14.1 Å². The molecule has 1 aliphatic carbocycles. The molecule has 0 bridgehead atoms. The summed E-state index contributed by atoms with van der Waals surface area (Å²) in [5.74, 6) is -1.47. The van der Waals surface area contributed by atoms with Crippen LogP contribution in [0.25, 0.3) is 0 Å². The molecule has 0 aromatic carbocycles. The maximum absolute atomic E-state index is 12.5. The van der Waals surface area contributed by atoms with Gasteiger partial charge in [0, 0.05) is 25.2 Å². The smallest absolute Gasteiger partial charge is 0.462 e. The molecule has 6 atom stereocenters. The molecule has 0 aromatic heterocycles. The first-order valence-electron chi connectivity index (χ1n) is 22.4. The van der Waals surface area contributed by atoms with E-state index in [4.69, 9.17) is 19.3 Å². The predicted octanol–water partition coefficient (Wildman–Crippen LogP) is 9.95. The van der Waals surface area contributed by atoms with Gasteiger partial charge in [-0.2, -0.15) is 0 Å². The average Bonchev–Trinajstić information content (AvgIpc) is 3.42. The third-order valence-electron chi connectivity index (χ3n) is 10.8. The van der Waals surface area contributed by atoms with Crippen molar-refractivity contribution < 1.29 is 53.3 Å². The van der Waals surface area contributed by atoms with Crippen molar-refractivity contribution in [3.8, 4) is 0 Å². The van der Waals surface area contributed by atoms with Gasteiger partial charge in [0.15, 0.2) is 6.10 Å². The van der Waals surface area contributed by atoms with Gasteiger partial charge in [-0.05, 0) is 38.0 Å².